The van der Waals surface area contributed by atoms with Crippen molar-refractivity contribution in [3.8, 4) is 5.75 Å². The van der Waals surface area contributed by atoms with E-state index in [2.05, 4.69) is 5.32 Å². The average molecular weight is 285 g/mol. The van der Waals surface area contributed by atoms with Crippen LogP contribution in [-0.4, -0.2) is 18.2 Å². The summed E-state index contributed by atoms with van der Waals surface area (Å²) in [7, 11) is 1.61. The molecule has 0 aromatic heterocycles. The van der Waals surface area contributed by atoms with Crippen LogP contribution in [0.5, 0.6) is 5.75 Å². The van der Waals surface area contributed by atoms with Crippen molar-refractivity contribution in [2.75, 3.05) is 12.4 Å². The van der Waals surface area contributed by atoms with E-state index in [1.807, 2.05) is 55.5 Å². The quantitative estimate of drug-likeness (QED) is 0.851. The third-order valence-electron chi connectivity index (χ3n) is 3.29. The van der Waals surface area contributed by atoms with Crippen LogP contribution in [0.1, 0.15) is 23.6 Å². The van der Waals surface area contributed by atoms with E-state index in [0.717, 1.165) is 22.6 Å². The van der Waals surface area contributed by atoms with Gasteiger partial charge in [-0.05, 0) is 36.8 Å². The van der Waals surface area contributed by atoms with E-state index < -0.39 is 5.97 Å². The van der Waals surface area contributed by atoms with Gasteiger partial charge in [-0.15, -0.1) is 0 Å². The SMILES string of the molecule is COc1ccc(NC(CC(=O)O)c2ccc(C)cc2)cc1. The second-order valence-corrected chi connectivity index (χ2v) is 4.93. The Labute approximate surface area is 124 Å². The molecular weight excluding hydrogens is 266 g/mol. The van der Waals surface area contributed by atoms with Crippen LogP contribution < -0.4 is 10.1 Å². The first-order chi connectivity index (χ1) is 10.1. The molecule has 0 amide bonds. The zero-order chi connectivity index (χ0) is 15.2. The minimum atomic E-state index is -0.832. The van der Waals surface area contributed by atoms with Gasteiger partial charge in [-0.3, -0.25) is 4.79 Å². The van der Waals surface area contributed by atoms with Crippen LogP contribution in [-0.2, 0) is 4.79 Å². The van der Waals surface area contributed by atoms with E-state index in [-0.39, 0.29) is 12.5 Å². The molecule has 2 rings (SSSR count). The highest BCUT2D eigenvalue weighted by molar-refractivity contribution is 5.69. The van der Waals surface area contributed by atoms with Crippen molar-refractivity contribution >= 4 is 11.7 Å². The van der Waals surface area contributed by atoms with E-state index in [4.69, 9.17) is 9.84 Å². The Kier molecular flexibility index (Phi) is 4.82. The predicted molar refractivity (Wildman–Crippen MR) is 82.8 cm³/mol. The number of nitrogens with one attached hydrogen (secondary N) is 1. The molecule has 0 aliphatic rings. The van der Waals surface area contributed by atoms with Gasteiger partial charge in [-0.25, -0.2) is 0 Å². The Bertz CT molecular complexity index is 590. The fraction of sp³-hybridized carbons (Fsp3) is 0.235. The Morgan fingerprint density at radius 2 is 1.76 bits per heavy atom. The van der Waals surface area contributed by atoms with E-state index in [1.54, 1.807) is 7.11 Å². The van der Waals surface area contributed by atoms with Crippen molar-refractivity contribution in [2.24, 2.45) is 0 Å². The maximum atomic E-state index is 11.1. The van der Waals surface area contributed by atoms with Gasteiger partial charge in [0, 0.05) is 5.69 Å². The highest BCUT2D eigenvalue weighted by atomic mass is 16.5. The van der Waals surface area contributed by atoms with Crippen LogP contribution in [0, 0.1) is 6.92 Å². The van der Waals surface area contributed by atoms with Crippen LogP contribution in [0.15, 0.2) is 48.5 Å². The zero-order valence-electron chi connectivity index (χ0n) is 12.2. The van der Waals surface area contributed by atoms with Gasteiger partial charge in [-0.1, -0.05) is 29.8 Å². The summed E-state index contributed by atoms with van der Waals surface area (Å²) in [6.07, 6.45) is 0.0229. The standard InChI is InChI=1S/C17H19NO3/c1-12-3-5-13(6-4-12)16(11-17(19)20)18-14-7-9-15(21-2)10-8-14/h3-10,16,18H,11H2,1-2H3,(H,19,20). The summed E-state index contributed by atoms with van der Waals surface area (Å²) < 4.78 is 5.11. The van der Waals surface area contributed by atoms with Crippen molar-refractivity contribution in [3.63, 3.8) is 0 Å². The Hall–Kier alpha value is -2.49. The largest absolute Gasteiger partial charge is 0.497 e. The fourth-order valence-corrected chi connectivity index (χ4v) is 2.11. The van der Waals surface area contributed by atoms with Gasteiger partial charge >= 0.3 is 5.97 Å². The molecule has 0 heterocycles. The minimum absolute atomic E-state index is 0.0229. The molecule has 0 aliphatic heterocycles. The number of anilines is 1. The molecule has 1 atom stereocenters. The van der Waals surface area contributed by atoms with Crippen molar-refractivity contribution in [3.05, 3.63) is 59.7 Å². The molecule has 1 unspecified atom stereocenters. The van der Waals surface area contributed by atoms with Gasteiger partial charge < -0.3 is 15.2 Å². The number of aliphatic carboxylic acids is 1. The van der Waals surface area contributed by atoms with E-state index in [0.29, 0.717) is 0 Å². The summed E-state index contributed by atoms with van der Waals surface area (Å²) in [5, 5.41) is 12.4. The van der Waals surface area contributed by atoms with Gasteiger partial charge in [0.2, 0.25) is 0 Å². The lowest BCUT2D eigenvalue weighted by Crippen LogP contribution is -2.15. The normalized spacial score (nSPS) is 11.7. The first-order valence-corrected chi connectivity index (χ1v) is 6.77. The summed E-state index contributed by atoms with van der Waals surface area (Å²) in [6.45, 7) is 2.01. The molecule has 2 aromatic carbocycles. The lowest BCUT2D eigenvalue weighted by atomic mass is 10.0. The van der Waals surface area contributed by atoms with Gasteiger partial charge in [0.05, 0.1) is 19.6 Å². The molecule has 110 valence electrons. The van der Waals surface area contributed by atoms with E-state index in [1.165, 1.54) is 0 Å². The molecule has 21 heavy (non-hydrogen) atoms. The number of hydrogen-bond acceptors (Lipinski definition) is 3. The highest BCUT2D eigenvalue weighted by Gasteiger charge is 2.15. The van der Waals surface area contributed by atoms with Gasteiger partial charge in [0.25, 0.3) is 0 Å². The molecule has 0 spiro atoms. The van der Waals surface area contributed by atoms with Crippen LogP contribution in [0.25, 0.3) is 0 Å². The van der Waals surface area contributed by atoms with Crippen LogP contribution >= 0.6 is 0 Å². The summed E-state index contributed by atoms with van der Waals surface area (Å²) in [5.74, 6) is -0.0627. The van der Waals surface area contributed by atoms with Gasteiger partial charge in [0.15, 0.2) is 0 Å². The van der Waals surface area contributed by atoms with Crippen molar-refractivity contribution in [1.29, 1.82) is 0 Å². The molecule has 4 nitrogen and oxygen atoms in total. The first-order valence-electron chi connectivity index (χ1n) is 6.77. The molecule has 2 aromatic rings. The summed E-state index contributed by atoms with van der Waals surface area (Å²) in [6, 6.07) is 15.1. The number of ether oxygens (including phenoxy) is 1. The van der Waals surface area contributed by atoms with Crippen LogP contribution in [0.4, 0.5) is 5.69 Å². The number of carbonyl (C=O) groups is 1. The summed E-state index contributed by atoms with van der Waals surface area (Å²) in [4.78, 5) is 11.1. The molecule has 0 saturated heterocycles. The second-order valence-electron chi connectivity index (χ2n) is 4.93. The van der Waals surface area contributed by atoms with Crippen LogP contribution in [0.2, 0.25) is 0 Å². The molecule has 0 bridgehead atoms. The maximum Gasteiger partial charge on any atom is 0.305 e. The fourth-order valence-electron chi connectivity index (χ4n) is 2.11. The number of carboxylic acid groups (broad SMARTS) is 1. The number of rotatable bonds is 6. The number of aryl methyl sites for hydroxylation is 1. The lowest BCUT2D eigenvalue weighted by molar-refractivity contribution is -0.137. The molecule has 0 radical (unpaired) electrons. The molecular formula is C17H19NO3. The topological polar surface area (TPSA) is 58.6 Å². The third kappa shape index (κ3) is 4.24. The predicted octanol–water partition coefficient (Wildman–Crippen LogP) is 3.63. The van der Waals surface area contributed by atoms with Crippen molar-refractivity contribution in [1.82, 2.24) is 0 Å². The molecule has 0 fully saturated rings. The smallest absolute Gasteiger partial charge is 0.305 e. The van der Waals surface area contributed by atoms with Crippen molar-refractivity contribution in [2.45, 2.75) is 19.4 Å². The first kappa shape index (κ1) is 14.9. The second kappa shape index (κ2) is 6.79. The van der Waals surface area contributed by atoms with Gasteiger partial charge in [0.1, 0.15) is 5.75 Å². The molecule has 4 heteroatoms. The summed E-state index contributed by atoms with van der Waals surface area (Å²) in [5.41, 5.74) is 2.97. The number of benzene rings is 2. The maximum absolute atomic E-state index is 11.1. The minimum Gasteiger partial charge on any atom is -0.497 e. The third-order valence-corrected chi connectivity index (χ3v) is 3.29. The summed E-state index contributed by atoms with van der Waals surface area (Å²) >= 11 is 0. The molecule has 0 aliphatic carbocycles. The Balaban J connectivity index is 2.19. The molecule has 2 N–H and O–H groups in total. The van der Waals surface area contributed by atoms with Crippen molar-refractivity contribution < 1.29 is 14.6 Å². The number of methoxy groups -OCH3 is 1. The van der Waals surface area contributed by atoms with E-state index in [9.17, 15) is 4.79 Å². The van der Waals surface area contributed by atoms with Crippen LogP contribution in [0.3, 0.4) is 0 Å². The van der Waals surface area contributed by atoms with Gasteiger partial charge in [-0.2, -0.15) is 0 Å². The average Bonchev–Trinajstić information content (AvgIpc) is 2.48. The monoisotopic (exact) mass is 285 g/mol. The number of carboxylic acids is 1. The zero-order valence-corrected chi connectivity index (χ0v) is 12.2. The highest BCUT2D eigenvalue weighted by Crippen LogP contribution is 2.24. The lowest BCUT2D eigenvalue weighted by Gasteiger charge is -2.19. The van der Waals surface area contributed by atoms with E-state index >= 15 is 0 Å². The Morgan fingerprint density at radius 1 is 1.14 bits per heavy atom. The number of hydrogen-bond donors (Lipinski definition) is 2. The Morgan fingerprint density at radius 3 is 2.29 bits per heavy atom. The molecule has 0 saturated carbocycles.